The molecule has 0 amide bonds. The number of phenolic OH excluding ortho intramolecular Hbond substituents is 1. The average Bonchev–Trinajstić information content (AvgIpc) is 2.32. The van der Waals surface area contributed by atoms with Gasteiger partial charge in [0.05, 0.1) is 7.11 Å². The predicted octanol–water partition coefficient (Wildman–Crippen LogP) is 3.68. The molecule has 2 heteroatoms. The number of benzene rings is 2. The molecule has 0 spiro atoms. The Balaban J connectivity index is 2.57. The number of phenols is 1. The highest BCUT2D eigenvalue weighted by atomic mass is 16.5. The van der Waals surface area contributed by atoms with Crippen LogP contribution in [0.2, 0.25) is 0 Å². The van der Waals surface area contributed by atoms with Gasteiger partial charge in [-0.05, 0) is 54.3 Å². The number of methoxy groups -OCH3 is 1. The Labute approximate surface area is 101 Å². The number of ether oxygens (including phenoxy) is 1. The minimum absolute atomic E-state index is 0.287. The molecule has 88 valence electrons. The third kappa shape index (κ3) is 2.11. The van der Waals surface area contributed by atoms with Gasteiger partial charge in [0.2, 0.25) is 0 Å². The molecule has 1 N–H and O–H groups in total. The summed E-state index contributed by atoms with van der Waals surface area (Å²) >= 11 is 0. The van der Waals surface area contributed by atoms with Crippen molar-refractivity contribution in [1.29, 1.82) is 0 Å². The van der Waals surface area contributed by atoms with E-state index >= 15 is 0 Å². The summed E-state index contributed by atoms with van der Waals surface area (Å²) in [7, 11) is 1.68. The van der Waals surface area contributed by atoms with Crippen molar-refractivity contribution in [3.05, 3.63) is 47.5 Å². The van der Waals surface area contributed by atoms with Crippen LogP contribution in [0.1, 0.15) is 11.1 Å². The van der Waals surface area contributed by atoms with Gasteiger partial charge < -0.3 is 9.84 Å². The van der Waals surface area contributed by atoms with Crippen molar-refractivity contribution in [3.8, 4) is 22.6 Å². The summed E-state index contributed by atoms with van der Waals surface area (Å²) in [6.45, 7) is 4.11. The second kappa shape index (κ2) is 4.50. The Kier molecular flexibility index (Phi) is 3.05. The van der Waals surface area contributed by atoms with Crippen LogP contribution < -0.4 is 4.74 Å². The molecule has 0 atom stereocenters. The van der Waals surface area contributed by atoms with Crippen LogP contribution in [-0.2, 0) is 0 Å². The van der Waals surface area contributed by atoms with Crippen LogP contribution in [0.15, 0.2) is 36.4 Å². The zero-order valence-electron chi connectivity index (χ0n) is 10.3. The molecule has 0 saturated carbocycles. The van der Waals surface area contributed by atoms with Crippen molar-refractivity contribution < 1.29 is 9.84 Å². The van der Waals surface area contributed by atoms with E-state index in [4.69, 9.17) is 4.74 Å². The first-order valence-electron chi connectivity index (χ1n) is 5.57. The van der Waals surface area contributed by atoms with Gasteiger partial charge in [0.25, 0.3) is 0 Å². The highest BCUT2D eigenvalue weighted by Crippen LogP contribution is 2.32. The molecule has 2 rings (SSSR count). The third-order valence-corrected chi connectivity index (χ3v) is 3.11. The largest absolute Gasteiger partial charge is 0.508 e. The molecule has 0 heterocycles. The smallest absolute Gasteiger partial charge is 0.122 e. The lowest BCUT2D eigenvalue weighted by molar-refractivity contribution is 0.411. The van der Waals surface area contributed by atoms with Crippen LogP contribution in [0.5, 0.6) is 11.5 Å². The van der Waals surface area contributed by atoms with E-state index in [1.807, 2.05) is 31.2 Å². The predicted molar refractivity (Wildman–Crippen MR) is 69.6 cm³/mol. The van der Waals surface area contributed by atoms with Crippen LogP contribution in [-0.4, -0.2) is 12.2 Å². The summed E-state index contributed by atoms with van der Waals surface area (Å²) in [6, 6.07) is 11.3. The highest BCUT2D eigenvalue weighted by molar-refractivity contribution is 5.71. The lowest BCUT2D eigenvalue weighted by atomic mass is 9.96. The fourth-order valence-corrected chi connectivity index (χ4v) is 2.00. The molecule has 2 aromatic carbocycles. The third-order valence-electron chi connectivity index (χ3n) is 3.11. The van der Waals surface area contributed by atoms with Crippen LogP contribution >= 0.6 is 0 Å². The molecule has 17 heavy (non-hydrogen) atoms. The highest BCUT2D eigenvalue weighted by Gasteiger charge is 2.08. The Morgan fingerprint density at radius 1 is 1.00 bits per heavy atom. The number of aromatic hydroxyl groups is 1. The van der Waals surface area contributed by atoms with Crippen LogP contribution in [0, 0.1) is 13.8 Å². The second-order valence-electron chi connectivity index (χ2n) is 4.12. The summed E-state index contributed by atoms with van der Waals surface area (Å²) in [6.07, 6.45) is 0. The molecule has 0 radical (unpaired) electrons. The minimum atomic E-state index is 0.287. The van der Waals surface area contributed by atoms with Crippen molar-refractivity contribution in [2.45, 2.75) is 13.8 Å². The summed E-state index contributed by atoms with van der Waals surface area (Å²) in [5, 5.41) is 9.51. The lowest BCUT2D eigenvalue weighted by Gasteiger charge is -2.12. The quantitative estimate of drug-likeness (QED) is 0.849. The van der Waals surface area contributed by atoms with Gasteiger partial charge in [-0.25, -0.2) is 0 Å². The molecule has 0 unspecified atom stereocenters. The Morgan fingerprint density at radius 2 is 1.76 bits per heavy atom. The Morgan fingerprint density at radius 3 is 2.41 bits per heavy atom. The zero-order chi connectivity index (χ0) is 12.4. The Hall–Kier alpha value is -1.96. The van der Waals surface area contributed by atoms with Crippen molar-refractivity contribution in [1.82, 2.24) is 0 Å². The Bertz CT molecular complexity index is 545. The summed E-state index contributed by atoms with van der Waals surface area (Å²) in [4.78, 5) is 0. The van der Waals surface area contributed by atoms with Gasteiger partial charge in [-0.1, -0.05) is 18.2 Å². The standard InChI is InChI=1S/C15H16O2/c1-10-11(2)15(17-3)8-7-14(10)12-5-4-6-13(16)9-12/h4-9,16H,1-3H3. The topological polar surface area (TPSA) is 29.5 Å². The molecule has 0 aliphatic rings. The maximum absolute atomic E-state index is 9.51. The van der Waals surface area contributed by atoms with E-state index in [0.717, 1.165) is 22.4 Å². The van der Waals surface area contributed by atoms with Gasteiger partial charge >= 0.3 is 0 Å². The van der Waals surface area contributed by atoms with Crippen LogP contribution in [0.3, 0.4) is 0 Å². The van der Waals surface area contributed by atoms with E-state index in [1.165, 1.54) is 5.56 Å². The van der Waals surface area contributed by atoms with E-state index in [-0.39, 0.29) is 5.75 Å². The monoisotopic (exact) mass is 228 g/mol. The first-order valence-corrected chi connectivity index (χ1v) is 5.57. The average molecular weight is 228 g/mol. The maximum Gasteiger partial charge on any atom is 0.122 e. The second-order valence-corrected chi connectivity index (χ2v) is 4.12. The van der Waals surface area contributed by atoms with Gasteiger partial charge in [0.1, 0.15) is 11.5 Å². The molecule has 2 aromatic rings. The van der Waals surface area contributed by atoms with E-state index in [2.05, 4.69) is 6.92 Å². The number of hydrogen-bond donors (Lipinski definition) is 1. The summed E-state index contributed by atoms with van der Waals surface area (Å²) in [5.74, 6) is 1.18. The first-order chi connectivity index (χ1) is 8.13. The van der Waals surface area contributed by atoms with Crippen molar-refractivity contribution >= 4 is 0 Å². The molecule has 0 bridgehead atoms. The fourth-order valence-electron chi connectivity index (χ4n) is 2.00. The SMILES string of the molecule is COc1ccc(-c2cccc(O)c2)c(C)c1C. The number of rotatable bonds is 2. The molecule has 0 aliphatic heterocycles. The molecule has 0 saturated heterocycles. The summed E-state index contributed by atoms with van der Waals surface area (Å²) in [5.41, 5.74) is 4.45. The van der Waals surface area contributed by atoms with Crippen molar-refractivity contribution in [2.75, 3.05) is 7.11 Å². The van der Waals surface area contributed by atoms with E-state index in [0.29, 0.717) is 0 Å². The zero-order valence-corrected chi connectivity index (χ0v) is 10.3. The van der Waals surface area contributed by atoms with Crippen molar-refractivity contribution in [2.24, 2.45) is 0 Å². The maximum atomic E-state index is 9.51. The molecule has 0 fully saturated rings. The molecule has 0 aromatic heterocycles. The molecule has 2 nitrogen and oxygen atoms in total. The molecular formula is C15H16O2. The molecular weight excluding hydrogens is 212 g/mol. The first kappa shape index (κ1) is 11.5. The minimum Gasteiger partial charge on any atom is -0.508 e. The number of hydrogen-bond acceptors (Lipinski definition) is 2. The van der Waals surface area contributed by atoms with E-state index in [9.17, 15) is 5.11 Å². The van der Waals surface area contributed by atoms with Crippen molar-refractivity contribution in [3.63, 3.8) is 0 Å². The van der Waals surface area contributed by atoms with E-state index < -0.39 is 0 Å². The van der Waals surface area contributed by atoms with Gasteiger partial charge in [-0.15, -0.1) is 0 Å². The van der Waals surface area contributed by atoms with Gasteiger partial charge in [-0.2, -0.15) is 0 Å². The van der Waals surface area contributed by atoms with Gasteiger partial charge in [0, 0.05) is 0 Å². The normalized spacial score (nSPS) is 10.3. The van der Waals surface area contributed by atoms with Crippen LogP contribution in [0.4, 0.5) is 0 Å². The lowest BCUT2D eigenvalue weighted by Crippen LogP contribution is -1.92. The van der Waals surface area contributed by atoms with Crippen LogP contribution in [0.25, 0.3) is 11.1 Å². The van der Waals surface area contributed by atoms with Gasteiger partial charge in [-0.3, -0.25) is 0 Å². The van der Waals surface area contributed by atoms with E-state index in [1.54, 1.807) is 19.2 Å². The van der Waals surface area contributed by atoms with Gasteiger partial charge in [0.15, 0.2) is 0 Å². The fraction of sp³-hybridized carbons (Fsp3) is 0.200. The summed E-state index contributed by atoms with van der Waals surface area (Å²) < 4.78 is 5.29. The molecule has 0 aliphatic carbocycles.